The van der Waals surface area contributed by atoms with Gasteiger partial charge in [0.2, 0.25) is 0 Å². The highest BCUT2D eigenvalue weighted by Crippen LogP contribution is 2.33. The lowest BCUT2D eigenvalue weighted by atomic mass is 10.1. The third-order valence-corrected chi connectivity index (χ3v) is 2.81. The number of hydrogen-bond acceptors (Lipinski definition) is 3. The van der Waals surface area contributed by atoms with Gasteiger partial charge in [-0.05, 0) is 31.5 Å². The molecule has 0 aliphatic heterocycles. The lowest BCUT2D eigenvalue weighted by molar-refractivity contribution is -0.137. The summed E-state index contributed by atoms with van der Waals surface area (Å²) in [7, 11) is 0. The van der Waals surface area contributed by atoms with E-state index in [0.717, 1.165) is 12.5 Å². The maximum atomic E-state index is 12.8. The summed E-state index contributed by atoms with van der Waals surface area (Å²) in [5.41, 5.74) is 4.93. The molecule has 0 amide bonds. The first-order valence-electron chi connectivity index (χ1n) is 6.19. The second-order valence-electron chi connectivity index (χ2n) is 4.10. The van der Waals surface area contributed by atoms with Gasteiger partial charge in [-0.15, -0.1) is 0 Å². The molecule has 0 bridgehead atoms. The maximum absolute atomic E-state index is 12.8. The van der Waals surface area contributed by atoms with Crippen LogP contribution in [-0.2, 0) is 10.9 Å². The van der Waals surface area contributed by atoms with Gasteiger partial charge in [0.1, 0.15) is 4.99 Å². The molecule has 1 aromatic rings. The molecule has 3 N–H and O–H groups in total. The summed E-state index contributed by atoms with van der Waals surface area (Å²) in [5.74, 6) is 0. The monoisotopic (exact) mass is 306 g/mol. The first kappa shape index (κ1) is 16.7. The summed E-state index contributed by atoms with van der Waals surface area (Å²) in [6.45, 7) is 3.75. The molecule has 1 rings (SSSR count). The predicted octanol–water partition coefficient (Wildman–Crippen LogP) is 3.18. The summed E-state index contributed by atoms with van der Waals surface area (Å²) in [5, 5.41) is 3.01. The van der Waals surface area contributed by atoms with E-state index in [1.807, 2.05) is 6.92 Å². The van der Waals surface area contributed by atoms with Gasteiger partial charge in [0.05, 0.1) is 5.56 Å². The second-order valence-corrected chi connectivity index (χ2v) is 4.54. The van der Waals surface area contributed by atoms with E-state index in [1.54, 1.807) is 0 Å². The van der Waals surface area contributed by atoms with Crippen molar-refractivity contribution in [2.24, 2.45) is 5.73 Å². The van der Waals surface area contributed by atoms with Gasteiger partial charge < -0.3 is 15.8 Å². The van der Waals surface area contributed by atoms with Gasteiger partial charge in [-0.3, -0.25) is 0 Å². The lowest BCUT2D eigenvalue weighted by Crippen LogP contribution is -2.18. The fourth-order valence-corrected chi connectivity index (χ4v) is 1.83. The number of benzene rings is 1. The molecule has 1 aromatic carbocycles. The van der Waals surface area contributed by atoms with Crippen LogP contribution >= 0.6 is 12.2 Å². The van der Waals surface area contributed by atoms with E-state index in [4.69, 9.17) is 10.5 Å². The van der Waals surface area contributed by atoms with Crippen LogP contribution in [0.25, 0.3) is 0 Å². The number of ether oxygens (including phenoxy) is 1. The number of hydrogen-bond donors (Lipinski definition) is 2. The zero-order valence-electron chi connectivity index (χ0n) is 11.1. The van der Waals surface area contributed by atoms with Gasteiger partial charge in [-0.1, -0.05) is 12.2 Å². The Morgan fingerprint density at radius 2 is 2.10 bits per heavy atom. The highest BCUT2D eigenvalue weighted by molar-refractivity contribution is 7.80. The lowest BCUT2D eigenvalue weighted by Gasteiger charge is -2.14. The number of nitrogens with two attached hydrogens (primary N) is 1. The molecule has 0 radical (unpaired) electrons. The van der Waals surface area contributed by atoms with Gasteiger partial charge in [0.15, 0.2) is 0 Å². The Balaban J connectivity index is 2.76. The van der Waals surface area contributed by atoms with Gasteiger partial charge in [0.25, 0.3) is 0 Å². The van der Waals surface area contributed by atoms with Crippen LogP contribution in [-0.4, -0.2) is 24.7 Å². The fraction of sp³-hybridized carbons (Fsp3) is 0.462. The molecule has 0 atom stereocenters. The maximum Gasteiger partial charge on any atom is 0.417 e. The van der Waals surface area contributed by atoms with E-state index < -0.39 is 11.7 Å². The van der Waals surface area contributed by atoms with E-state index in [2.05, 4.69) is 17.5 Å². The Kier molecular flexibility index (Phi) is 6.22. The minimum absolute atomic E-state index is 0.165. The highest BCUT2D eigenvalue weighted by atomic mass is 32.1. The molecular formula is C13H17F3N2OS. The fourth-order valence-electron chi connectivity index (χ4n) is 1.66. The van der Waals surface area contributed by atoms with Crippen LogP contribution < -0.4 is 11.1 Å². The number of nitrogens with one attached hydrogen (secondary N) is 1. The number of halogens is 3. The molecular weight excluding hydrogens is 289 g/mol. The van der Waals surface area contributed by atoms with E-state index in [9.17, 15) is 13.2 Å². The van der Waals surface area contributed by atoms with Crippen molar-refractivity contribution in [3.63, 3.8) is 0 Å². The minimum atomic E-state index is -4.47. The number of thiocarbonyl (C=S) groups is 1. The number of alkyl halides is 3. The van der Waals surface area contributed by atoms with E-state index in [1.165, 1.54) is 12.1 Å². The number of rotatable bonds is 7. The molecule has 0 aromatic heterocycles. The molecule has 0 aliphatic rings. The normalized spacial score (nSPS) is 11.4. The molecule has 112 valence electrons. The summed E-state index contributed by atoms with van der Waals surface area (Å²) in [4.78, 5) is -0.268. The van der Waals surface area contributed by atoms with Crippen LogP contribution in [0.4, 0.5) is 18.9 Å². The van der Waals surface area contributed by atoms with E-state index in [-0.39, 0.29) is 10.6 Å². The largest absolute Gasteiger partial charge is 0.417 e. The topological polar surface area (TPSA) is 47.3 Å². The smallest absolute Gasteiger partial charge is 0.389 e. The third kappa shape index (κ3) is 4.97. The molecule has 0 aliphatic carbocycles. The van der Waals surface area contributed by atoms with E-state index in [0.29, 0.717) is 25.4 Å². The molecule has 0 saturated carbocycles. The number of anilines is 1. The Bertz CT molecular complexity index is 463. The van der Waals surface area contributed by atoms with Gasteiger partial charge in [-0.2, -0.15) is 13.2 Å². The van der Waals surface area contributed by atoms with Crippen molar-refractivity contribution in [2.75, 3.05) is 25.1 Å². The summed E-state index contributed by atoms with van der Waals surface area (Å²) < 4.78 is 43.5. The Morgan fingerprint density at radius 3 is 2.65 bits per heavy atom. The highest BCUT2D eigenvalue weighted by Gasteiger charge is 2.33. The van der Waals surface area contributed by atoms with Crippen molar-refractivity contribution in [3.8, 4) is 0 Å². The van der Waals surface area contributed by atoms with Gasteiger partial charge in [0, 0.05) is 31.0 Å². The first-order chi connectivity index (χ1) is 9.36. The third-order valence-electron chi connectivity index (χ3n) is 2.59. The molecule has 0 heterocycles. The van der Waals surface area contributed by atoms with Crippen LogP contribution in [0.2, 0.25) is 0 Å². The van der Waals surface area contributed by atoms with Crippen LogP contribution in [0.1, 0.15) is 24.5 Å². The summed E-state index contributed by atoms with van der Waals surface area (Å²) in [6, 6.07) is 3.68. The molecule has 20 heavy (non-hydrogen) atoms. The minimum Gasteiger partial charge on any atom is -0.389 e. The Labute approximate surface area is 121 Å². The summed E-state index contributed by atoms with van der Waals surface area (Å²) in [6.07, 6.45) is -3.70. The predicted molar refractivity (Wildman–Crippen MR) is 76.9 cm³/mol. The van der Waals surface area contributed by atoms with Crippen LogP contribution in [0.3, 0.4) is 0 Å². The Morgan fingerprint density at radius 1 is 1.40 bits per heavy atom. The standard InChI is InChI=1S/C13H17F3N2OS/c1-2-19-7-3-6-18-9-4-5-11(13(14,15)16)10(8-9)12(17)20/h4-5,8,18H,2-3,6-7H2,1H3,(H2,17,20). The van der Waals surface area contributed by atoms with Gasteiger partial charge >= 0.3 is 6.18 Å². The van der Waals surface area contributed by atoms with Crippen LogP contribution in [0.15, 0.2) is 18.2 Å². The quantitative estimate of drug-likeness (QED) is 0.600. The molecule has 7 heteroatoms. The molecule has 3 nitrogen and oxygen atoms in total. The molecule has 0 saturated heterocycles. The molecule has 0 fully saturated rings. The second kappa shape index (κ2) is 7.44. The Hall–Kier alpha value is -1.34. The van der Waals surface area contributed by atoms with Gasteiger partial charge in [-0.25, -0.2) is 0 Å². The molecule has 0 spiro atoms. The van der Waals surface area contributed by atoms with Crippen molar-refractivity contribution in [2.45, 2.75) is 19.5 Å². The van der Waals surface area contributed by atoms with Crippen LogP contribution in [0, 0.1) is 0 Å². The van der Waals surface area contributed by atoms with Crippen molar-refractivity contribution >= 4 is 22.9 Å². The average molecular weight is 306 g/mol. The van der Waals surface area contributed by atoms with Crippen molar-refractivity contribution in [1.82, 2.24) is 0 Å². The first-order valence-corrected chi connectivity index (χ1v) is 6.59. The summed E-state index contributed by atoms with van der Waals surface area (Å²) >= 11 is 4.68. The zero-order chi connectivity index (χ0) is 15.2. The van der Waals surface area contributed by atoms with Crippen molar-refractivity contribution < 1.29 is 17.9 Å². The SMILES string of the molecule is CCOCCCNc1ccc(C(F)(F)F)c(C(N)=S)c1. The average Bonchev–Trinajstić information content (AvgIpc) is 2.37. The molecule has 0 unspecified atom stereocenters. The van der Waals surface area contributed by atoms with Crippen LogP contribution in [0.5, 0.6) is 0 Å². The zero-order valence-corrected chi connectivity index (χ0v) is 11.9. The van der Waals surface area contributed by atoms with Crippen molar-refractivity contribution in [1.29, 1.82) is 0 Å². The van der Waals surface area contributed by atoms with Crippen molar-refractivity contribution in [3.05, 3.63) is 29.3 Å². The van der Waals surface area contributed by atoms with E-state index >= 15 is 0 Å².